The molecule has 0 spiro atoms. The van der Waals surface area contributed by atoms with Crippen LogP contribution in [0.4, 0.5) is 4.39 Å². The summed E-state index contributed by atoms with van der Waals surface area (Å²) < 4.78 is 14.4. The molecule has 0 radical (unpaired) electrons. The smallest absolute Gasteiger partial charge is 0.341 e. The molecule has 78 valence electrons. The van der Waals surface area contributed by atoms with Gasteiger partial charge in [0.15, 0.2) is 0 Å². The van der Waals surface area contributed by atoms with Crippen molar-refractivity contribution in [1.29, 1.82) is 0 Å². The number of aliphatic carboxylic acids is 1. The van der Waals surface area contributed by atoms with Crippen molar-refractivity contribution in [3.05, 3.63) is 18.2 Å². The standard InChI is InChI=1S/C8H11FN2O3/c1-2-11-4-10-3-5(11)7(12)6(9)8(13)14/h3-4,6-7,12H,2H2,1H3,(H,13,14). The van der Waals surface area contributed by atoms with Gasteiger partial charge in [0, 0.05) is 6.54 Å². The first kappa shape index (κ1) is 10.6. The lowest BCUT2D eigenvalue weighted by Gasteiger charge is -2.13. The van der Waals surface area contributed by atoms with Gasteiger partial charge < -0.3 is 14.8 Å². The van der Waals surface area contributed by atoms with Crippen LogP contribution in [-0.4, -0.2) is 31.9 Å². The zero-order valence-corrected chi connectivity index (χ0v) is 7.59. The molecule has 6 heteroatoms. The summed E-state index contributed by atoms with van der Waals surface area (Å²) in [7, 11) is 0. The molecule has 0 aliphatic rings. The summed E-state index contributed by atoms with van der Waals surface area (Å²) in [6, 6.07) is 0. The van der Waals surface area contributed by atoms with E-state index in [2.05, 4.69) is 4.98 Å². The lowest BCUT2D eigenvalue weighted by atomic mass is 10.1. The highest BCUT2D eigenvalue weighted by Crippen LogP contribution is 2.19. The topological polar surface area (TPSA) is 75.3 Å². The number of alkyl halides is 1. The molecule has 0 amide bonds. The average molecular weight is 202 g/mol. The second-order valence-corrected chi connectivity index (χ2v) is 2.79. The van der Waals surface area contributed by atoms with Crippen LogP contribution < -0.4 is 0 Å². The van der Waals surface area contributed by atoms with E-state index in [-0.39, 0.29) is 5.69 Å². The van der Waals surface area contributed by atoms with Crippen LogP contribution >= 0.6 is 0 Å². The van der Waals surface area contributed by atoms with Crippen molar-refractivity contribution < 1.29 is 19.4 Å². The maximum atomic E-state index is 12.9. The molecule has 0 aliphatic carbocycles. The molecule has 2 N–H and O–H groups in total. The van der Waals surface area contributed by atoms with Gasteiger partial charge in [-0.1, -0.05) is 0 Å². The summed E-state index contributed by atoms with van der Waals surface area (Å²) >= 11 is 0. The van der Waals surface area contributed by atoms with Gasteiger partial charge in [-0.05, 0) is 6.92 Å². The number of rotatable bonds is 4. The maximum absolute atomic E-state index is 12.9. The van der Waals surface area contributed by atoms with Gasteiger partial charge in [-0.2, -0.15) is 0 Å². The minimum absolute atomic E-state index is 0.169. The summed E-state index contributed by atoms with van der Waals surface area (Å²) in [6.07, 6.45) is -1.33. The Morgan fingerprint density at radius 2 is 2.43 bits per heavy atom. The van der Waals surface area contributed by atoms with Crippen molar-refractivity contribution in [3.63, 3.8) is 0 Å². The second-order valence-electron chi connectivity index (χ2n) is 2.79. The molecule has 1 heterocycles. The van der Waals surface area contributed by atoms with Gasteiger partial charge >= 0.3 is 5.97 Å². The van der Waals surface area contributed by atoms with Gasteiger partial charge in [-0.15, -0.1) is 0 Å². The van der Waals surface area contributed by atoms with Crippen molar-refractivity contribution in [2.75, 3.05) is 0 Å². The van der Waals surface area contributed by atoms with Crippen LogP contribution in [0.1, 0.15) is 18.7 Å². The molecule has 1 aromatic rings. The van der Waals surface area contributed by atoms with E-state index in [1.54, 1.807) is 6.92 Å². The van der Waals surface area contributed by atoms with Gasteiger partial charge in [0.05, 0.1) is 18.2 Å². The van der Waals surface area contributed by atoms with Crippen LogP contribution in [0.15, 0.2) is 12.5 Å². The Balaban J connectivity index is 2.88. The minimum Gasteiger partial charge on any atom is -0.479 e. The number of halogens is 1. The van der Waals surface area contributed by atoms with Gasteiger partial charge in [0.25, 0.3) is 0 Å². The van der Waals surface area contributed by atoms with E-state index >= 15 is 0 Å². The van der Waals surface area contributed by atoms with E-state index in [1.165, 1.54) is 17.1 Å². The average Bonchev–Trinajstić information content (AvgIpc) is 2.62. The van der Waals surface area contributed by atoms with E-state index < -0.39 is 18.2 Å². The maximum Gasteiger partial charge on any atom is 0.341 e. The predicted octanol–water partition coefficient (Wildman–Crippen LogP) is 0.359. The predicted molar refractivity (Wildman–Crippen MR) is 45.4 cm³/mol. The monoisotopic (exact) mass is 202 g/mol. The van der Waals surface area contributed by atoms with Crippen molar-refractivity contribution in [2.24, 2.45) is 0 Å². The molecule has 1 aromatic heterocycles. The highest BCUT2D eigenvalue weighted by atomic mass is 19.1. The number of aliphatic hydroxyl groups is 1. The van der Waals surface area contributed by atoms with E-state index in [0.29, 0.717) is 6.54 Å². The SMILES string of the molecule is CCn1cncc1C(O)C(F)C(=O)O. The molecule has 0 saturated heterocycles. The number of carboxylic acid groups (broad SMARTS) is 1. The van der Waals surface area contributed by atoms with Gasteiger partial charge in [-0.3, -0.25) is 0 Å². The van der Waals surface area contributed by atoms with Crippen LogP contribution in [0, 0.1) is 0 Å². The normalized spacial score (nSPS) is 15.1. The van der Waals surface area contributed by atoms with E-state index in [9.17, 15) is 14.3 Å². The third-order valence-corrected chi connectivity index (χ3v) is 1.90. The van der Waals surface area contributed by atoms with E-state index in [1.807, 2.05) is 0 Å². The lowest BCUT2D eigenvalue weighted by Crippen LogP contribution is -2.25. The molecule has 0 aliphatic heterocycles. The molecule has 0 bridgehead atoms. The van der Waals surface area contributed by atoms with Crippen molar-refractivity contribution in [1.82, 2.24) is 9.55 Å². The van der Waals surface area contributed by atoms with Crippen LogP contribution in [-0.2, 0) is 11.3 Å². The molecule has 0 fully saturated rings. The van der Waals surface area contributed by atoms with Gasteiger partial charge in [0.1, 0.15) is 6.10 Å². The molecular weight excluding hydrogens is 191 g/mol. The number of imidazole rings is 1. The fourth-order valence-corrected chi connectivity index (χ4v) is 1.13. The minimum atomic E-state index is -2.32. The highest BCUT2D eigenvalue weighted by Gasteiger charge is 2.29. The summed E-state index contributed by atoms with van der Waals surface area (Å²) in [5.41, 5.74) is 0.169. The quantitative estimate of drug-likeness (QED) is 0.739. The van der Waals surface area contributed by atoms with Gasteiger partial charge in [-0.25, -0.2) is 14.2 Å². The number of hydrogen-bond donors (Lipinski definition) is 2. The van der Waals surface area contributed by atoms with E-state index in [4.69, 9.17) is 5.11 Å². The Labute approximate surface area is 79.8 Å². The number of carbonyl (C=O) groups is 1. The number of carboxylic acids is 1. The van der Waals surface area contributed by atoms with Crippen LogP contribution in [0.2, 0.25) is 0 Å². The third kappa shape index (κ3) is 1.90. The first-order valence-corrected chi connectivity index (χ1v) is 4.13. The van der Waals surface area contributed by atoms with Crippen molar-refractivity contribution in [2.45, 2.75) is 25.7 Å². The Bertz CT molecular complexity index is 326. The molecular formula is C8H11FN2O3. The molecule has 5 nitrogen and oxygen atoms in total. The fraction of sp³-hybridized carbons (Fsp3) is 0.500. The van der Waals surface area contributed by atoms with E-state index in [0.717, 1.165) is 0 Å². The molecule has 14 heavy (non-hydrogen) atoms. The summed E-state index contributed by atoms with van der Waals surface area (Å²) in [5.74, 6) is -1.68. The number of nitrogens with zero attached hydrogens (tertiary/aromatic N) is 2. The van der Waals surface area contributed by atoms with Crippen molar-refractivity contribution in [3.8, 4) is 0 Å². The first-order valence-electron chi connectivity index (χ1n) is 4.13. The first-order chi connectivity index (χ1) is 6.57. The largest absolute Gasteiger partial charge is 0.479 e. The number of hydrogen-bond acceptors (Lipinski definition) is 3. The zero-order chi connectivity index (χ0) is 10.7. The Morgan fingerprint density at radius 3 is 2.93 bits per heavy atom. The molecule has 2 unspecified atom stereocenters. The summed E-state index contributed by atoms with van der Waals surface area (Å²) in [6.45, 7) is 2.28. The summed E-state index contributed by atoms with van der Waals surface area (Å²) in [5, 5.41) is 17.7. The highest BCUT2D eigenvalue weighted by molar-refractivity contribution is 5.73. The number of aliphatic hydroxyl groups excluding tert-OH is 1. The molecule has 0 aromatic carbocycles. The lowest BCUT2D eigenvalue weighted by molar-refractivity contribution is -0.147. The Morgan fingerprint density at radius 1 is 1.79 bits per heavy atom. The van der Waals surface area contributed by atoms with Crippen LogP contribution in [0.25, 0.3) is 0 Å². The molecule has 2 atom stereocenters. The van der Waals surface area contributed by atoms with Crippen LogP contribution in [0.3, 0.4) is 0 Å². The number of aryl methyl sites for hydroxylation is 1. The second kappa shape index (κ2) is 4.19. The third-order valence-electron chi connectivity index (χ3n) is 1.90. The summed E-state index contributed by atoms with van der Waals surface area (Å²) in [4.78, 5) is 14.0. The number of aromatic nitrogens is 2. The zero-order valence-electron chi connectivity index (χ0n) is 7.59. The molecule has 1 rings (SSSR count). The van der Waals surface area contributed by atoms with Gasteiger partial charge in [0.2, 0.25) is 6.17 Å². The Hall–Kier alpha value is -1.43. The van der Waals surface area contributed by atoms with Crippen LogP contribution in [0.5, 0.6) is 0 Å². The molecule has 0 saturated carbocycles. The fourth-order valence-electron chi connectivity index (χ4n) is 1.13. The Kier molecular flexibility index (Phi) is 3.19. The van der Waals surface area contributed by atoms with Crippen molar-refractivity contribution >= 4 is 5.97 Å².